The van der Waals surface area contributed by atoms with Crippen LogP contribution >= 0.6 is 0 Å². The van der Waals surface area contributed by atoms with E-state index in [1.54, 1.807) is 0 Å². The Balaban J connectivity index is 3.10. The normalized spacial score (nSPS) is 11.6. The molecule has 0 rings (SSSR count). The van der Waals surface area contributed by atoms with Crippen LogP contribution in [0.5, 0.6) is 0 Å². The van der Waals surface area contributed by atoms with Crippen molar-refractivity contribution in [2.45, 2.75) is 97.3 Å². The van der Waals surface area contributed by atoms with Crippen molar-refractivity contribution in [3.63, 3.8) is 0 Å². The van der Waals surface area contributed by atoms with Crippen molar-refractivity contribution >= 4 is 5.97 Å². The van der Waals surface area contributed by atoms with Crippen LogP contribution in [0.4, 0.5) is 0 Å². The smallest absolute Gasteiger partial charge is 0.303 e. The largest absolute Gasteiger partial charge is 0.481 e. The van der Waals surface area contributed by atoms with Gasteiger partial charge in [-0.2, -0.15) is 0 Å². The molecule has 21 heavy (non-hydrogen) atoms. The van der Waals surface area contributed by atoms with Crippen LogP contribution in [0.25, 0.3) is 0 Å². The van der Waals surface area contributed by atoms with E-state index in [9.17, 15) is 4.79 Å². The molecule has 1 N–H and O–H groups in total. The highest BCUT2D eigenvalue weighted by atomic mass is 16.4. The maximum absolute atomic E-state index is 10.3. The second-order valence-electron chi connectivity index (χ2n) is 6.56. The Morgan fingerprint density at radius 3 is 1.81 bits per heavy atom. The topological polar surface area (TPSA) is 37.3 Å². The van der Waals surface area contributed by atoms with Crippen molar-refractivity contribution in [3.8, 4) is 0 Å². The van der Waals surface area contributed by atoms with Crippen molar-refractivity contribution in [1.29, 1.82) is 0 Å². The summed E-state index contributed by atoms with van der Waals surface area (Å²) in [6, 6.07) is 0. The number of rotatable bonds is 15. The molecule has 0 aromatic carbocycles. The minimum Gasteiger partial charge on any atom is -0.481 e. The molecule has 0 spiro atoms. The van der Waals surface area contributed by atoms with E-state index in [-0.39, 0.29) is 0 Å². The lowest BCUT2D eigenvalue weighted by Gasteiger charge is -2.03. The Labute approximate surface area is 132 Å². The van der Waals surface area contributed by atoms with Gasteiger partial charge in [0.05, 0.1) is 0 Å². The molecule has 0 unspecified atom stereocenters. The molecule has 0 heterocycles. The molecule has 0 atom stereocenters. The van der Waals surface area contributed by atoms with Gasteiger partial charge in [-0.3, -0.25) is 4.79 Å². The van der Waals surface area contributed by atoms with Gasteiger partial charge < -0.3 is 5.11 Å². The zero-order chi connectivity index (χ0) is 15.8. The summed E-state index contributed by atoms with van der Waals surface area (Å²) in [7, 11) is 0. The molecule has 0 saturated carbocycles. The molecule has 124 valence electrons. The summed E-state index contributed by atoms with van der Waals surface area (Å²) in [5.74, 6) is 0.191. The third-order valence-corrected chi connectivity index (χ3v) is 3.83. The van der Waals surface area contributed by atoms with Crippen LogP contribution in [-0.4, -0.2) is 11.1 Å². The molecule has 0 saturated heterocycles. The molecule has 0 bridgehead atoms. The minimum atomic E-state index is -0.665. The van der Waals surface area contributed by atoms with E-state index in [0.717, 1.165) is 18.8 Å². The van der Waals surface area contributed by atoms with Gasteiger partial charge >= 0.3 is 5.97 Å². The maximum Gasteiger partial charge on any atom is 0.303 e. The highest BCUT2D eigenvalue weighted by molar-refractivity contribution is 5.66. The van der Waals surface area contributed by atoms with Crippen molar-refractivity contribution in [3.05, 3.63) is 12.2 Å². The summed E-state index contributed by atoms with van der Waals surface area (Å²) < 4.78 is 0. The lowest BCUT2D eigenvalue weighted by molar-refractivity contribution is -0.137. The van der Waals surface area contributed by atoms with Crippen molar-refractivity contribution < 1.29 is 9.90 Å². The summed E-state index contributed by atoms with van der Waals surface area (Å²) in [6.45, 7) is 4.60. The molecule has 2 nitrogen and oxygen atoms in total. The number of hydrogen-bond donors (Lipinski definition) is 1. The predicted molar refractivity (Wildman–Crippen MR) is 91.6 cm³/mol. The Bertz CT molecular complexity index is 256. The molecular weight excluding hydrogens is 260 g/mol. The van der Waals surface area contributed by atoms with Crippen molar-refractivity contribution in [2.24, 2.45) is 5.92 Å². The van der Waals surface area contributed by atoms with Gasteiger partial charge in [-0.15, -0.1) is 0 Å². The van der Waals surface area contributed by atoms with Gasteiger partial charge in [-0.05, 0) is 38.0 Å². The molecule has 0 amide bonds. The number of carboxylic acids is 1. The van der Waals surface area contributed by atoms with E-state index in [4.69, 9.17) is 5.11 Å². The van der Waals surface area contributed by atoms with Crippen LogP contribution in [-0.2, 0) is 4.79 Å². The molecule has 0 aliphatic carbocycles. The monoisotopic (exact) mass is 296 g/mol. The van der Waals surface area contributed by atoms with Gasteiger partial charge in [0.25, 0.3) is 0 Å². The van der Waals surface area contributed by atoms with E-state index in [1.807, 2.05) is 0 Å². The van der Waals surface area contributed by atoms with Gasteiger partial charge in [-0.25, -0.2) is 0 Å². The number of hydrogen-bond acceptors (Lipinski definition) is 1. The fraction of sp³-hybridized carbons (Fsp3) is 0.842. The lowest BCUT2D eigenvalue weighted by Crippen LogP contribution is -1.93. The first-order valence-corrected chi connectivity index (χ1v) is 8.99. The Morgan fingerprint density at radius 1 is 0.810 bits per heavy atom. The Kier molecular flexibility index (Phi) is 15.0. The number of aliphatic carboxylic acids is 1. The van der Waals surface area contributed by atoms with Crippen LogP contribution in [0, 0.1) is 5.92 Å². The number of allylic oxidation sites excluding steroid dienone is 2. The van der Waals surface area contributed by atoms with Crippen molar-refractivity contribution in [1.82, 2.24) is 0 Å². The molecule has 0 aliphatic heterocycles. The summed E-state index contributed by atoms with van der Waals surface area (Å²) in [5, 5.41) is 8.52. The van der Waals surface area contributed by atoms with Gasteiger partial charge in [0.2, 0.25) is 0 Å². The first kappa shape index (κ1) is 20.2. The van der Waals surface area contributed by atoms with Crippen molar-refractivity contribution in [2.75, 3.05) is 0 Å². The molecule has 2 heteroatoms. The van der Waals surface area contributed by atoms with E-state index < -0.39 is 5.97 Å². The lowest BCUT2D eigenvalue weighted by atomic mass is 10.0. The molecule has 0 aliphatic rings. The standard InChI is InChI=1S/C19H36O2/c1-18(2)16-14-12-10-8-6-4-3-5-7-9-11-13-15-17-19(20)21/h3-4,18H,5-17H2,1-2H3,(H,20,21). The highest BCUT2D eigenvalue weighted by Crippen LogP contribution is 2.11. The number of unbranched alkanes of at least 4 members (excludes halogenated alkanes) is 9. The van der Waals surface area contributed by atoms with Crippen LogP contribution in [0.2, 0.25) is 0 Å². The molecule has 0 fully saturated rings. The molecular formula is C19H36O2. The summed E-state index contributed by atoms with van der Waals surface area (Å²) >= 11 is 0. The highest BCUT2D eigenvalue weighted by Gasteiger charge is 1.96. The van der Waals surface area contributed by atoms with Crippen LogP contribution < -0.4 is 0 Å². The Hall–Kier alpha value is -0.790. The average Bonchev–Trinajstić information content (AvgIpc) is 2.42. The SMILES string of the molecule is CC(C)CCCCCCC=CCCCCCCCC(=O)O. The number of carboxylic acid groups (broad SMARTS) is 1. The van der Waals surface area contributed by atoms with E-state index in [0.29, 0.717) is 6.42 Å². The van der Waals surface area contributed by atoms with Gasteiger partial charge in [0.1, 0.15) is 0 Å². The van der Waals surface area contributed by atoms with Gasteiger partial charge in [0.15, 0.2) is 0 Å². The molecule has 0 radical (unpaired) electrons. The Morgan fingerprint density at radius 2 is 1.29 bits per heavy atom. The zero-order valence-corrected chi connectivity index (χ0v) is 14.3. The van der Waals surface area contributed by atoms with E-state index >= 15 is 0 Å². The summed E-state index contributed by atoms with van der Waals surface area (Å²) in [4.78, 5) is 10.3. The predicted octanol–water partition coefficient (Wildman–Crippen LogP) is 6.35. The second-order valence-corrected chi connectivity index (χ2v) is 6.56. The average molecular weight is 296 g/mol. The zero-order valence-electron chi connectivity index (χ0n) is 14.3. The van der Waals surface area contributed by atoms with E-state index in [2.05, 4.69) is 26.0 Å². The van der Waals surface area contributed by atoms with Crippen LogP contribution in [0.1, 0.15) is 97.3 Å². The number of carbonyl (C=O) groups is 1. The van der Waals surface area contributed by atoms with Crippen LogP contribution in [0.3, 0.4) is 0 Å². The molecule has 0 aromatic heterocycles. The third-order valence-electron chi connectivity index (χ3n) is 3.83. The first-order chi connectivity index (χ1) is 10.1. The van der Waals surface area contributed by atoms with E-state index in [1.165, 1.54) is 64.2 Å². The minimum absolute atomic E-state index is 0.330. The molecule has 0 aromatic rings. The quantitative estimate of drug-likeness (QED) is 0.282. The third kappa shape index (κ3) is 19.2. The summed E-state index contributed by atoms with van der Waals surface area (Å²) in [5.41, 5.74) is 0. The van der Waals surface area contributed by atoms with Gasteiger partial charge in [0, 0.05) is 6.42 Å². The van der Waals surface area contributed by atoms with Crippen LogP contribution in [0.15, 0.2) is 12.2 Å². The fourth-order valence-corrected chi connectivity index (χ4v) is 2.47. The second kappa shape index (κ2) is 15.6. The van der Waals surface area contributed by atoms with Gasteiger partial charge in [-0.1, -0.05) is 70.9 Å². The summed E-state index contributed by atoms with van der Waals surface area (Å²) in [6.07, 6.45) is 19.8. The first-order valence-electron chi connectivity index (χ1n) is 8.99. The fourth-order valence-electron chi connectivity index (χ4n) is 2.47. The maximum atomic E-state index is 10.3.